The van der Waals surface area contributed by atoms with Crippen LogP contribution in [-0.2, 0) is 5.54 Å². The molecule has 2 aromatic carbocycles. The van der Waals surface area contributed by atoms with E-state index in [9.17, 15) is 18.4 Å². The van der Waals surface area contributed by atoms with E-state index < -0.39 is 11.7 Å². The van der Waals surface area contributed by atoms with Crippen LogP contribution in [0.15, 0.2) is 54.6 Å². The van der Waals surface area contributed by atoms with Crippen molar-refractivity contribution in [3.63, 3.8) is 0 Å². The lowest BCUT2D eigenvalue weighted by Crippen LogP contribution is -2.47. The molecule has 3 nitrogen and oxygen atoms in total. The van der Waals surface area contributed by atoms with Crippen LogP contribution in [0, 0.1) is 11.3 Å². The Morgan fingerprint density at radius 3 is 2.05 bits per heavy atom. The maximum Gasteiger partial charge on any atom is 0.429 e. The summed E-state index contributed by atoms with van der Waals surface area (Å²) in [4.78, 5) is 0. The number of anilines is 1. The Hall–Kier alpha value is -2.68. The van der Waals surface area contributed by atoms with Crippen molar-refractivity contribution in [3.8, 4) is 11.8 Å². The van der Waals surface area contributed by atoms with Crippen LogP contribution in [0.5, 0.6) is 5.75 Å². The van der Waals surface area contributed by atoms with E-state index in [1.54, 1.807) is 6.07 Å². The third-order valence-electron chi connectivity index (χ3n) is 3.22. The van der Waals surface area contributed by atoms with Gasteiger partial charge >= 0.3 is 6.18 Å². The molecule has 1 N–H and O–H groups in total. The van der Waals surface area contributed by atoms with Crippen molar-refractivity contribution in [2.75, 3.05) is 12.4 Å². The Bertz CT molecular complexity index is 663. The molecule has 0 saturated carbocycles. The van der Waals surface area contributed by atoms with Gasteiger partial charge in [0.1, 0.15) is 11.8 Å². The van der Waals surface area contributed by atoms with E-state index >= 15 is 0 Å². The van der Waals surface area contributed by atoms with Crippen molar-refractivity contribution in [2.24, 2.45) is 0 Å². The second-order valence-electron chi connectivity index (χ2n) is 4.58. The van der Waals surface area contributed by atoms with Gasteiger partial charge in [0.25, 0.3) is 0 Å². The van der Waals surface area contributed by atoms with Gasteiger partial charge in [-0.1, -0.05) is 30.3 Å². The molecule has 0 bridgehead atoms. The van der Waals surface area contributed by atoms with Crippen molar-refractivity contribution < 1.29 is 17.9 Å². The number of methoxy groups -OCH3 is 1. The minimum absolute atomic E-state index is 0.166. The number of rotatable bonds is 4. The molecular formula is C16H13F3N2O. The van der Waals surface area contributed by atoms with Crippen LogP contribution in [0.25, 0.3) is 0 Å². The van der Waals surface area contributed by atoms with Crippen molar-refractivity contribution in [1.82, 2.24) is 0 Å². The molecule has 0 amide bonds. The van der Waals surface area contributed by atoms with Gasteiger partial charge in [-0.3, -0.25) is 0 Å². The van der Waals surface area contributed by atoms with Crippen LogP contribution >= 0.6 is 0 Å². The summed E-state index contributed by atoms with van der Waals surface area (Å²) in [5.74, 6) is 0.514. The van der Waals surface area contributed by atoms with E-state index in [1.165, 1.54) is 61.7 Å². The molecule has 0 aliphatic heterocycles. The Morgan fingerprint density at radius 1 is 1.00 bits per heavy atom. The van der Waals surface area contributed by atoms with Gasteiger partial charge in [0.2, 0.25) is 5.54 Å². The third kappa shape index (κ3) is 2.84. The number of nitrogens with one attached hydrogen (secondary N) is 1. The first kappa shape index (κ1) is 15.7. The monoisotopic (exact) mass is 306 g/mol. The average Bonchev–Trinajstić information content (AvgIpc) is 2.53. The summed E-state index contributed by atoms with van der Waals surface area (Å²) in [6, 6.07) is 14.3. The number of halogens is 3. The highest BCUT2D eigenvalue weighted by Crippen LogP contribution is 2.41. The van der Waals surface area contributed by atoms with Crippen molar-refractivity contribution in [2.45, 2.75) is 11.7 Å². The van der Waals surface area contributed by atoms with Gasteiger partial charge in [0.15, 0.2) is 0 Å². The highest BCUT2D eigenvalue weighted by atomic mass is 19.4. The zero-order valence-corrected chi connectivity index (χ0v) is 11.7. The molecule has 0 heterocycles. The molecule has 0 radical (unpaired) electrons. The van der Waals surface area contributed by atoms with Crippen LogP contribution in [0.3, 0.4) is 0 Å². The summed E-state index contributed by atoms with van der Waals surface area (Å²) in [6.45, 7) is 0. The number of ether oxygens (including phenoxy) is 1. The van der Waals surface area contributed by atoms with Gasteiger partial charge in [0, 0.05) is 11.3 Å². The molecular weight excluding hydrogens is 293 g/mol. The van der Waals surface area contributed by atoms with Crippen molar-refractivity contribution in [1.29, 1.82) is 5.26 Å². The van der Waals surface area contributed by atoms with Crippen LogP contribution < -0.4 is 10.1 Å². The van der Waals surface area contributed by atoms with Gasteiger partial charge < -0.3 is 10.1 Å². The Balaban J connectivity index is 2.47. The highest BCUT2D eigenvalue weighted by Gasteiger charge is 2.57. The SMILES string of the molecule is COc1ccc(N[C@](C#N)(c2ccccc2)C(F)(F)F)cc1. The number of alkyl halides is 3. The summed E-state index contributed by atoms with van der Waals surface area (Å²) >= 11 is 0. The average molecular weight is 306 g/mol. The number of hydrogen-bond donors (Lipinski definition) is 1. The summed E-state index contributed by atoms with van der Waals surface area (Å²) in [6.07, 6.45) is -4.79. The molecule has 2 rings (SSSR count). The number of benzene rings is 2. The van der Waals surface area contributed by atoms with Crippen LogP contribution in [-0.4, -0.2) is 13.3 Å². The van der Waals surface area contributed by atoms with Crippen molar-refractivity contribution in [3.05, 3.63) is 60.2 Å². The molecule has 0 aromatic heterocycles. The first-order valence-corrected chi connectivity index (χ1v) is 6.38. The Labute approximate surface area is 126 Å². The number of nitriles is 1. The second-order valence-corrected chi connectivity index (χ2v) is 4.58. The van der Waals surface area contributed by atoms with Gasteiger partial charge in [-0.25, -0.2) is 0 Å². The Kier molecular flexibility index (Phi) is 4.27. The minimum Gasteiger partial charge on any atom is -0.497 e. The van der Waals surface area contributed by atoms with E-state index in [4.69, 9.17) is 4.74 Å². The van der Waals surface area contributed by atoms with E-state index in [0.29, 0.717) is 5.75 Å². The lowest BCUT2D eigenvalue weighted by Gasteiger charge is -2.31. The first-order chi connectivity index (χ1) is 10.4. The fraction of sp³-hybridized carbons (Fsp3) is 0.188. The number of hydrogen-bond acceptors (Lipinski definition) is 3. The van der Waals surface area contributed by atoms with E-state index in [-0.39, 0.29) is 11.3 Å². The first-order valence-electron chi connectivity index (χ1n) is 6.38. The summed E-state index contributed by atoms with van der Waals surface area (Å²) in [5.41, 5.74) is -2.81. The normalized spacial score (nSPS) is 13.8. The summed E-state index contributed by atoms with van der Waals surface area (Å²) < 4.78 is 45.7. The molecule has 0 saturated heterocycles. The Morgan fingerprint density at radius 2 is 1.59 bits per heavy atom. The topological polar surface area (TPSA) is 45.0 Å². The minimum atomic E-state index is -4.79. The van der Waals surface area contributed by atoms with Crippen LogP contribution in [0.2, 0.25) is 0 Å². The lowest BCUT2D eigenvalue weighted by atomic mass is 9.90. The fourth-order valence-electron chi connectivity index (χ4n) is 2.04. The van der Waals surface area contributed by atoms with Gasteiger partial charge in [-0.2, -0.15) is 18.4 Å². The standard InChI is InChI=1S/C16H13F3N2O/c1-22-14-9-7-13(8-10-14)21-15(11-20,16(17,18)19)12-5-3-2-4-6-12/h2-10,21H,1H3/t15-/m1/s1. The summed E-state index contributed by atoms with van der Waals surface area (Å²) in [5, 5.41) is 11.6. The molecule has 0 spiro atoms. The molecule has 6 heteroatoms. The maximum absolute atomic E-state index is 13.6. The van der Waals surface area contributed by atoms with Crippen LogP contribution in [0.4, 0.5) is 18.9 Å². The molecule has 0 aliphatic carbocycles. The molecule has 114 valence electrons. The highest BCUT2D eigenvalue weighted by molar-refractivity contribution is 5.54. The van der Waals surface area contributed by atoms with Crippen LogP contribution in [0.1, 0.15) is 5.56 Å². The van der Waals surface area contributed by atoms with Gasteiger partial charge in [0.05, 0.1) is 7.11 Å². The molecule has 1 atom stereocenters. The van der Waals surface area contributed by atoms with E-state index in [2.05, 4.69) is 5.32 Å². The predicted molar refractivity (Wildman–Crippen MR) is 76.4 cm³/mol. The lowest BCUT2D eigenvalue weighted by molar-refractivity contribution is -0.165. The molecule has 0 fully saturated rings. The smallest absolute Gasteiger partial charge is 0.429 e. The molecule has 22 heavy (non-hydrogen) atoms. The largest absolute Gasteiger partial charge is 0.497 e. The van der Waals surface area contributed by atoms with Gasteiger partial charge in [-0.05, 0) is 24.3 Å². The predicted octanol–water partition coefficient (Wildman–Crippen LogP) is 4.09. The second kappa shape index (κ2) is 5.98. The zero-order chi connectivity index (χ0) is 16.2. The fourth-order valence-corrected chi connectivity index (χ4v) is 2.04. The van der Waals surface area contributed by atoms with Gasteiger partial charge in [-0.15, -0.1) is 0 Å². The molecule has 0 aliphatic rings. The number of nitrogens with zero attached hydrogens (tertiary/aromatic N) is 1. The zero-order valence-electron chi connectivity index (χ0n) is 11.7. The van der Waals surface area contributed by atoms with E-state index in [1.807, 2.05) is 0 Å². The third-order valence-corrected chi connectivity index (χ3v) is 3.22. The quantitative estimate of drug-likeness (QED) is 0.925. The molecule has 2 aromatic rings. The molecule has 0 unspecified atom stereocenters. The van der Waals surface area contributed by atoms with Crippen molar-refractivity contribution >= 4 is 5.69 Å². The summed E-state index contributed by atoms with van der Waals surface area (Å²) in [7, 11) is 1.46. The van der Waals surface area contributed by atoms with E-state index in [0.717, 1.165) is 0 Å². The maximum atomic E-state index is 13.6.